The summed E-state index contributed by atoms with van der Waals surface area (Å²) in [5, 5.41) is 0. The van der Waals surface area contributed by atoms with Gasteiger partial charge in [-0.1, -0.05) is 30.3 Å². The first-order chi connectivity index (χ1) is 9.16. The van der Waals surface area contributed by atoms with Crippen molar-refractivity contribution in [1.29, 1.82) is 0 Å². The number of rotatable bonds is 5. The predicted octanol–water partition coefficient (Wildman–Crippen LogP) is 2.05. The quantitative estimate of drug-likeness (QED) is 0.831. The molecule has 0 heterocycles. The van der Waals surface area contributed by atoms with Crippen LogP contribution in [-0.2, 0) is 0 Å². The molecule has 0 saturated heterocycles. The standard InChI is InChI=1S/C15H13NO3/c16-15(18)12-6-8-13(9-7-12)19-10-14(17)11-4-2-1-3-5-11/h1-9H,10H2,(H2,16,18). The molecule has 2 aromatic carbocycles. The first-order valence-electron chi connectivity index (χ1n) is 5.78. The zero-order valence-corrected chi connectivity index (χ0v) is 10.2. The fraction of sp³-hybridized carbons (Fsp3) is 0.0667. The van der Waals surface area contributed by atoms with Gasteiger partial charge in [0.2, 0.25) is 5.91 Å². The molecule has 0 bridgehead atoms. The van der Waals surface area contributed by atoms with Crippen LogP contribution in [0.5, 0.6) is 5.75 Å². The van der Waals surface area contributed by atoms with Crippen LogP contribution >= 0.6 is 0 Å². The molecule has 2 aromatic rings. The van der Waals surface area contributed by atoms with Gasteiger partial charge in [0, 0.05) is 11.1 Å². The van der Waals surface area contributed by atoms with Crippen LogP contribution in [0.15, 0.2) is 54.6 Å². The SMILES string of the molecule is NC(=O)c1ccc(OCC(=O)c2ccccc2)cc1. The topological polar surface area (TPSA) is 69.4 Å². The minimum absolute atomic E-state index is 0.0417. The van der Waals surface area contributed by atoms with E-state index >= 15 is 0 Å². The maximum Gasteiger partial charge on any atom is 0.248 e. The van der Waals surface area contributed by atoms with Gasteiger partial charge >= 0.3 is 0 Å². The fourth-order valence-corrected chi connectivity index (χ4v) is 1.57. The number of benzene rings is 2. The smallest absolute Gasteiger partial charge is 0.248 e. The highest BCUT2D eigenvalue weighted by Gasteiger charge is 2.06. The Balaban J connectivity index is 1.95. The van der Waals surface area contributed by atoms with Gasteiger partial charge in [-0.3, -0.25) is 9.59 Å². The van der Waals surface area contributed by atoms with Gasteiger partial charge in [0.1, 0.15) is 5.75 Å². The van der Waals surface area contributed by atoms with Crippen molar-refractivity contribution in [3.05, 3.63) is 65.7 Å². The Hall–Kier alpha value is -2.62. The van der Waals surface area contributed by atoms with Gasteiger partial charge in [0.25, 0.3) is 0 Å². The molecule has 0 unspecified atom stereocenters. The highest BCUT2D eigenvalue weighted by atomic mass is 16.5. The molecule has 0 radical (unpaired) electrons. The number of hydrogen-bond donors (Lipinski definition) is 1. The van der Waals surface area contributed by atoms with Crippen LogP contribution in [-0.4, -0.2) is 18.3 Å². The molecule has 0 spiro atoms. The van der Waals surface area contributed by atoms with E-state index in [1.54, 1.807) is 48.5 Å². The normalized spacial score (nSPS) is 9.89. The summed E-state index contributed by atoms with van der Waals surface area (Å²) < 4.78 is 5.36. The highest BCUT2D eigenvalue weighted by Crippen LogP contribution is 2.12. The van der Waals surface area contributed by atoms with Gasteiger partial charge in [0.15, 0.2) is 12.4 Å². The minimum Gasteiger partial charge on any atom is -0.485 e. The van der Waals surface area contributed by atoms with Crippen molar-refractivity contribution >= 4 is 11.7 Å². The summed E-state index contributed by atoms with van der Waals surface area (Å²) in [6, 6.07) is 15.3. The molecule has 0 aliphatic carbocycles. The third-order valence-electron chi connectivity index (χ3n) is 2.60. The lowest BCUT2D eigenvalue weighted by Gasteiger charge is -2.05. The number of hydrogen-bond acceptors (Lipinski definition) is 3. The van der Waals surface area contributed by atoms with Gasteiger partial charge < -0.3 is 10.5 Å². The maximum absolute atomic E-state index is 11.8. The van der Waals surface area contributed by atoms with Crippen LogP contribution in [0.3, 0.4) is 0 Å². The summed E-state index contributed by atoms with van der Waals surface area (Å²) in [5.74, 6) is -0.0687. The summed E-state index contributed by atoms with van der Waals surface area (Å²) in [7, 11) is 0. The van der Waals surface area contributed by atoms with E-state index in [1.807, 2.05) is 6.07 Å². The Labute approximate surface area is 110 Å². The summed E-state index contributed by atoms with van der Waals surface area (Å²) in [6.07, 6.45) is 0. The van der Waals surface area contributed by atoms with Crippen LogP contribution in [0, 0.1) is 0 Å². The lowest BCUT2D eigenvalue weighted by Crippen LogP contribution is -2.12. The number of primary amides is 1. The molecule has 4 nitrogen and oxygen atoms in total. The number of ether oxygens (including phenoxy) is 1. The molecule has 19 heavy (non-hydrogen) atoms. The number of carbonyl (C=O) groups excluding carboxylic acids is 2. The number of Topliss-reactive ketones (excluding diaryl/α,β-unsaturated/α-hetero) is 1. The number of nitrogens with two attached hydrogens (primary N) is 1. The van der Waals surface area contributed by atoms with E-state index in [0.717, 1.165) is 0 Å². The maximum atomic E-state index is 11.8. The van der Waals surface area contributed by atoms with E-state index < -0.39 is 5.91 Å². The number of ketones is 1. The molecule has 0 aromatic heterocycles. The van der Waals surface area contributed by atoms with E-state index in [-0.39, 0.29) is 12.4 Å². The van der Waals surface area contributed by atoms with Gasteiger partial charge in [0.05, 0.1) is 0 Å². The second kappa shape index (κ2) is 5.82. The molecule has 2 N–H and O–H groups in total. The first-order valence-corrected chi connectivity index (χ1v) is 5.78. The summed E-state index contributed by atoms with van der Waals surface area (Å²) >= 11 is 0. The van der Waals surface area contributed by atoms with Crippen molar-refractivity contribution in [3.63, 3.8) is 0 Å². The first kappa shape index (κ1) is 12.8. The molecule has 4 heteroatoms. The third-order valence-corrected chi connectivity index (χ3v) is 2.60. The van der Waals surface area contributed by atoms with E-state index in [9.17, 15) is 9.59 Å². The summed E-state index contributed by atoms with van der Waals surface area (Å²) in [6.45, 7) is -0.0417. The average molecular weight is 255 g/mol. The predicted molar refractivity (Wildman–Crippen MR) is 71.2 cm³/mol. The number of amides is 1. The van der Waals surface area contributed by atoms with Gasteiger partial charge in [-0.05, 0) is 24.3 Å². The monoisotopic (exact) mass is 255 g/mol. The minimum atomic E-state index is -0.494. The number of carbonyl (C=O) groups is 2. The van der Waals surface area contributed by atoms with E-state index in [1.165, 1.54) is 0 Å². The molecule has 2 rings (SSSR count). The van der Waals surface area contributed by atoms with E-state index in [4.69, 9.17) is 10.5 Å². The van der Waals surface area contributed by atoms with Crippen LogP contribution in [0.2, 0.25) is 0 Å². The van der Waals surface area contributed by atoms with Gasteiger partial charge in [-0.2, -0.15) is 0 Å². The Morgan fingerprint density at radius 2 is 1.53 bits per heavy atom. The fourth-order valence-electron chi connectivity index (χ4n) is 1.57. The Kier molecular flexibility index (Phi) is 3.93. The van der Waals surface area contributed by atoms with Crippen LogP contribution in [0.4, 0.5) is 0 Å². The third kappa shape index (κ3) is 3.42. The largest absolute Gasteiger partial charge is 0.485 e. The van der Waals surface area contributed by atoms with Crippen molar-refractivity contribution in [2.75, 3.05) is 6.61 Å². The van der Waals surface area contributed by atoms with Crippen molar-refractivity contribution in [2.45, 2.75) is 0 Å². The zero-order chi connectivity index (χ0) is 13.7. The van der Waals surface area contributed by atoms with Gasteiger partial charge in [-0.15, -0.1) is 0 Å². The molecule has 0 atom stereocenters. The van der Waals surface area contributed by atoms with Crippen molar-refractivity contribution < 1.29 is 14.3 Å². The van der Waals surface area contributed by atoms with Crippen LogP contribution < -0.4 is 10.5 Å². The van der Waals surface area contributed by atoms with Crippen molar-refractivity contribution in [3.8, 4) is 5.75 Å². The molecule has 0 fully saturated rings. The molecule has 0 aliphatic rings. The van der Waals surface area contributed by atoms with Crippen LogP contribution in [0.1, 0.15) is 20.7 Å². The van der Waals surface area contributed by atoms with Gasteiger partial charge in [-0.25, -0.2) is 0 Å². The Bertz CT molecular complexity index is 576. The average Bonchev–Trinajstić information content (AvgIpc) is 2.46. The zero-order valence-electron chi connectivity index (χ0n) is 10.2. The molecule has 96 valence electrons. The lowest BCUT2D eigenvalue weighted by molar-refractivity contribution is 0.0920. The molecular weight excluding hydrogens is 242 g/mol. The van der Waals surface area contributed by atoms with Crippen LogP contribution in [0.25, 0.3) is 0 Å². The Morgan fingerprint density at radius 1 is 0.895 bits per heavy atom. The molecule has 1 amide bonds. The second-order valence-corrected chi connectivity index (χ2v) is 3.97. The van der Waals surface area contributed by atoms with Crippen molar-refractivity contribution in [2.24, 2.45) is 5.73 Å². The van der Waals surface area contributed by atoms with E-state index in [2.05, 4.69) is 0 Å². The van der Waals surface area contributed by atoms with Crippen molar-refractivity contribution in [1.82, 2.24) is 0 Å². The molecule has 0 saturated carbocycles. The highest BCUT2D eigenvalue weighted by molar-refractivity contribution is 5.97. The molecular formula is C15H13NO3. The van der Waals surface area contributed by atoms with E-state index in [0.29, 0.717) is 16.9 Å². The second-order valence-electron chi connectivity index (χ2n) is 3.97. The Morgan fingerprint density at radius 3 is 2.11 bits per heavy atom. The summed E-state index contributed by atoms with van der Waals surface area (Å²) in [5.41, 5.74) is 6.14. The summed E-state index contributed by atoms with van der Waals surface area (Å²) in [4.78, 5) is 22.7. The lowest BCUT2D eigenvalue weighted by atomic mass is 10.1. The molecule has 0 aliphatic heterocycles.